The highest BCUT2D eigenvalue weighted by Crippen LogP contribution is 2.49. The molecule has 0 radical (unpaired) electrons. The number of rotatable bonds is 7. The Hall–Kier alpha value is -2.81. The summed E-state index contributed by atoms with van der Waals surface area (Å²) in [6.07, 6.45) is 1.78. The van der Waals surface area contributed by atoms with E-state index in [-0.39, 0.29) is 34.6 Å². The molecule has 0 fully saturated rings. The quantitative estimate of drug-likeness (QED) is 0.456. The maximum Gasteiger partial charge on any atom is 0.225 e. The fourth-order valence-corrected chi connectivity index (χ4v) is 6.68. The summed E-state index contributed by atoms with van der Waals surface area (Å²) in [5.74, 6) is 0.386. The molecule has 2 aromatic carbocycles. The number of halogens is 1. The van der Waals surface area contributed by atoms with Gasteiger partial charge in [0.1, 0.15) is 11.5 Å². The predicted molar refractivity (Wildman–Crippen MR) is 125 cm³/mol. The number of thiophene rings is 1. The number of hydrogen-bond donors (Lipinski definition) is 1. The summed E-state index contributed by atoms with van der Waals surface area (Å²) in [6, 6.07) is 11.4. The van der Waals surface area contributed by atoms with Crippen LogP contribution < -0.4 is 14.8 Å². The third-order valence-corrected chi connectivity index (χ3v) is 8.41. The van der Waals surface area contributed by atoms with Crippen molar-refractivity contribution in [2.75, 3.05) is 19.0 Å². The number of anilines is 1. The second-order valence-corrected chi connectivity index (χ2v) is 10.3. The first-order chi connectivity index (χ1) is 15.4. The minimum absolute atomic E-state index is 0.0642. The molecule has 0 spiro atoms. The predicted octanol–water partition coefficient (Wildman–Crippen LogP) is 5.28. The Morgan fingerprint density at radius 2 is 2.00 bits per heavy atom. The molecule has 0 bridgehead atoms. The van der Waals surface area contributed by atoms with Gasteiger partial charge in [0.15, 0.2) is 11.5 Å². The first-order valence-electron chi connectivity index (χ1n) is 9.69. The Morgan fingerprint density at radius 3 is 2.69 bits per heavy atom. The van der Waals surface area contributed by atoms with E-state index < -0.39 is 9.84 Å². The van der Waals surface area contributed by atoms with Gasteiger partial charge in [0.05, 0.1) is 17.7 Å². The van der Waals surface area contributed by atoms with Gasteiger partial charge < -0.3 is 14.8 Å². The second kappa shape index (κ2) is 8.97. The van der Waals surface area contributed by atoms with Gasteiger partial charge in [0, 0.05) is 33.2 Å². The van der Waals surface area contributed by atoms with Crippen molar-refractivity contribution in [2.45, 2.75) is 22.1 Å². The highest BCUT2D eigenvalue weighted by atomic mass is 35.5. The van der Waals surface area contributed by atoms with Gasteiger partial charge in [-0.15, -0.1) is 11.3 Å². The molecule has 1 aromatic heterocycles. The average molecular weight is 490 g/mol. The summed E-state index contributed by atoms with van der Waals surface area (Å²) in [5, 5.41) is 4.77. The van der Waals surface area contributed by atoms with E-state index in [0.717, 1.165) is 10.4 Å². The van der Waals surface area contributed by atoms with E-state index in [9.17, 15) is 13.2 Å². The Labute approximate surface area is 195 Å². The summed E-state index contributed by atoms with van der Waals surface area (Å²) in [7, 11) is -2.31. The summed E-state index contributed by atoms with van der Waals surface area (Å²) >= 11 is 7.20. The summed E-state index contributed by atoms with van der Waals surface area (Å²) in [5.41, 5.74) is 1.06. The van der Waals surface area contributed by atoms with E-state index in [1.54, 1.807) is 24.6 Å². The van der Waals surface area contributed by atoms with Crippen molar-refractivity contribution in [1.82, 2.24) is 0 Å². The van der Waals surface area contributed by atoms with Crippen LogP contribution in [0.5, 0.6) is 11.5 Å². The smallest absolute Gasteiger partial charge is 0.225 e. The van der Waals surface area contributed by atoms with Crippen LogP contribution in [-0.4, -0.2) is 28.0 Å². The summed E-state index contributed by atoms with van der Waals surface area (Å²) in [6.45, 7) is 3.95. The van der Waals surface area contributed by atoms with Crippen LogP contribution in [0.25, 0.3) is 0 Å². The molecule has 3 aromatic rings. The molecule has 9 heteroatoms. The number of sulfone groups is 1. The Kier molecular flexibility index (Phi) is 6.28. The minimum atomic E-state index is -3.85. The maximum atomic E-state index is 13.3. The van der Waals surface area contributed by atoms with Crippen LogP contribution >= 0.6 is 22.9 Å². The molecule has 0 unspecified atom stereocenters. The van der Waals surface area contributed by atoms with Crippen molar-refractivity contribution >= 4 is 44.4 Å². The Bertz CT molecular complexity index is 1280. The number of nitrogens with one attached hydrogen (secondary N) is 1. The SMILES string of the molecule is C=CCOc1c(OC)cccc1[C@@H]1CC(=O)Nc2c(S(=O)(=O)c3ccc(Cl)cc3)csc21. The van der Waals surface area contributed by atoms with Gasteiger partial charge >= 0.3 is 0 Å². The number of ether oxygens (including phenoxy) is 2. The van der Waals surface area contributed by atoms with E-state index in [1.165, 1.54) is 35.6 Å². The van der Waals surface area contributed by atoms with Gasteiger partial charge in [0.2, 0.25) is 15.7 Å². The normalized spacial score (nSPS) is 15.6. The molecule has 0 saturated carbocycles. The largest absolute Gasteiger partial charge is 0.493 e. The zero-order valence-corrected chi connectivity index (χ0v) is 19.5. The molecule has 166 valence electrons. The fourth-order valence-electron chi connectivity index (χ4n) is 3.66. The number of methoxy groups -OCH3 is 1. The lowest BCUT2D eigenvalue weighted by molar-refractivity contribution is -0.116. The molecule has 1 aliphatic heterocycles. The molecular weight excluding hydrogens is 470 g/mol. The Morgan fingerprint density at radius 1 is 1.25 bits per heavy atom. The zero-order chi connectivity index (χ0) is 22.9. The minimum Gasteiger partial charge on any atom is -0.493 e. The van der Waals surface area contributed by atoms with E-state index in [4.69, 9.17) is 21.1 Å². The van der Waals surface area contributed by atoms with Crippen LogP contribution in [0.2, 0.25) is 5.02 Å². The third-order valence-electron chi connectivity index (χ3n) is 5.12. The van der Waals surface area contributed by atoms with Gasteiger partial charge in [-0.2, -0.15) is 0 Å². The van der Waals surface area contributed by atoms with Crippen LogP contribution in [0.1, 0.15) is 22.8 Å². The maximum absolute atomic E-state index is 13.3. The molecule has 1 N–H and O–H groups in total. The Balaban J connectivity index is 1.83. The van der Waals surface area contributed by atoms with E-state index in [1.807, 2.05) is 12.1 Å². The lowest BCUT2D eigenvalue weighted by atomic mass is 9.89. The second-order valence-electron chi connectivity index (χ2n) is 7.08. The van der Waals surface area contributed by atoms with Gasteiger partial charge in [0.25, 0.3) is 0 Å². The molecule has 0 aliphatic carbocycles. The van der Waals surface area contributed by atoms with Gasteiger partial charge in [-0.1, -0.05) is 36.4 Å². The van der Waals surface area contributed by atoms with Crippen LogP contribution in [0.15, 0.2) is 70.3 Å². The number of hydrogen-bond acceptors (Lipinski definition) is 6. The molecule has 1 amide bonds. The molecule has 1 atom stereocenters. The lowest BCUT2D eigenvalue weighted by Crippen LogP contribution is -2.24. The van der Waals surface area contributed by atoms with E-state index >= 15 is 0 Å². The molecule has 32 heavy (non-hydrogen) atoms. The summed E-state index contributed by atoms with van der Waals surface area (Å²) < 4.78 is 37.9. The van der Waals surface area contributed by atoms with E-state index in [0.29, 0.717) is 22.2 Å². The van der Waals surface area contributed by atoms with Crippen molar-refractivity contribution in [2.24, 2.45) is 0 Å². The number of amides is 1. The van der Waals surface area contributed by atoms with Crippen LogP contribution in [0.4, 0.5) is 5.69 Å². The van der Waals surface area contributed by atoms with Gasteiger partial charge in [-0.25, -0.2) is 8.42 Å². The van der Waals surface area contributed by atoms with Crippen LogP contribution in [0, 0.1) is 0 Å². The molecule has 0 saturated heterocycles. The molecule has 2 heterocycles. The first-order valence-corrected chi connectivity index (χ1v) is 12.4. The summed E-state index contributed by atoms with van der Waals surface area (Å²) in [4.78, 5) is 13.6. The fraction of sp³-hybridized carbons (Fsp3) is 0.174. The van der Waals surface area contributed by atoms with Crippen molar-refractivity contribution in [1.29, 1.82) is 0 Å². The number of para-hydroxylation sites is 1. The number of fused-ring (bicyclic) bond motifs is 1. The molecule has 1 aliphatic rings. The average Bonchev–Trinajstić information content (AvgIpc) is 3.21. The van der Waals surface area contributed by atoms with Gasteiger partial charge in [-0.3, -0.25) is 4.79 Å². The van der Waals surface area contributed by atoms with Crippen molar-refractivity contribution in [3.8, 4) is 11.5 Å². The molecule has 4 rings (SSSR count). The lowest BCUT2D eigenvalue weighted by Gasteiger charge is -2.26. The highest BCUT2D eigenvalue weighted by Gasteiger charge is 2.36. The third kappa shape index (κ3) is 4.01. The number of carbonyl (C=O) groups excluding carboxylic acids is 1. The van der Waals surface area contributed by atoms with Crippen molar-refractivity contribution in [3.05, 3.63) is 76.0 Å². The first kappa shape index (κ1) is 22.4. The standard InChI is InChI=1S/C23H20ClNO5S2/c1-3-11-30-22-16(5-4-6-18(22)29-2)17-12-20(26)25-21-19(13-31-23(17)21)32(27,28)15-9-7-14(24)8-10-15/h3-10,13,17H,1,11-12H2,2H3,(H,25,26)/t17-/m0/s1. The van der Waals surface area contributed by atoms with E-state index in [2.05, 4.69) is 11.9 Å². The van der Waals surface area contributed by atoms with Crippen LogP contribution in [0.3, 0.4) is 0 Å². The number of carbonyl (C=O) groups is 1. The molecule has 6 nitrogen and oxygen atoms in total. The highest BCUT2D eigenvalue weighted by molar-refractivity contribution is 7.91. The van der Waals surface area contributed by atoms with Crippen molar-refractivity contribution in [3.63, 3.8) is 0 Å². The van der Waals surface area contributed by atoms with Gasteiger partial charge in [-0.05, 0) is 30.3 Å². The zero-order valence-electron chi connectivity index (χ0n) is 17.1. The monoisotopic (exact) mass is 489 g/mol. The van der Waals surface area contributed by atoms with Crippen molar-refractivity contribution < 1.29 is 22.7 Å². The number of benzene rings is 2. The topological polar surface area (TPSA) is 81.7 Å². The molecular formula is C23H20ClNO5S2. The van der Waals surface area contributed by atoms with Crippen LogP contribution in [-0.2, 0) is 14.6 Å².